The van der Waals surface area contributed by atoms with Gasteiger partial charge in [0.15, 0.2) is 0 Å². The van der Waals surface area contributed by atoms with Crippen molar-refractivity contribution in [3.63, 3.8) is 0 Å². The fraction of sp³-hybridized carbons (Fsp3) is 0.0943. The quantitative estimate of drug-likeness (QED) is 0.173. The summed E-state index contributed by atoms with van der Waals surface area (Å²) in [6, 6.07) is 59.5. The van der Waals surface area contributed by atoms with E-state index < -0.39 is 0 Å². The highest BCUT2D eigenvalue weighted by Gasteiger charge is 2.21. The van der Waals surface area contributed by atoms with Crippen LogP contribution in [0.3, 0.4) is 0 Å². The van der Waals surface area contributed by atoms with Crippen molar-refractivity contribution in [2.45, 2.75) is 34.1 Å². The van der Waals surface area contributed by atoms with Gasteiger partial charge in [0, 0.05) is 32.9 Å². The molecule has 0 saturated heterocycles. The fourth-order valence-electron chi connectivity index (χ4n) is 9.19. The molecule has 0 fully saturated rings. The summed E-state index contributed by atoms with van der Waals surface area (Å²) >= 11 is 0. The van der Waals surface area contributed by atoms with Crippen LogP contribution in [0.15, 0.2) is 158 Å². The Morgan fingerprint density at radius 3 is 0.945 bits per heavy atom. The zero-order valence-electron chi connectivity index (χ0n) is 31.6. The summed E-state index contributed by atoms with van der Waals surface area (Å²) in [6.45, 7) is 8.70. The first kappa shape index (κ1) is 31.8. The number of fused-ring (bicyclic) bond motifs is 9. The summed E-state index contributed by atoms with van der Waals surface area (Å²) in [6.07, 6.45) is 0.975. The van der Waals surface area contributed by atoms with Crippen molar-refractivity contribution in [3.05, 3.63) is 191 Å². The molecule has 11 rings (SSSR count). The number of aromatic nitrogens is 2. The third-order valence-corrected chi connectivity index (χ3v) is 12.0. The van der Waals surface area contributed by atoms with E-state index in [0.29, 0.717) is 0 Å². The van der Waals surface area contributed by atoms with E-state index in [0.717, 1.165) is 6.42 Å². The monoisotopic (exact) mass is 704 g/mol. The zero-order chi connectivity index (χ0) is 36.9. The molecule has 0 atom stereocenters. The predicted octanol–water partition coefficient (Wildman–Crippen LogP) is 14.0. The first-order chi connectivity index (χ1) is 26.9. The van der Waals surface area contributed by atoms with Crippen molar-refractivity contribution in [1.82, 2.24) is 9.13 Å². The van der Waals surface area contributed by atoms with Crippen LogP contribution in [0.4, 0.5) is 0 Å². The van der Waals surface area contributed by atoms with Crippen molar-refractivity contribution < 1.29 is 0 Å². The molecule has 8 aromatic carbocycles. The van der Waals surface area contributed by atoms with Crippen molar-refractivity contribution >= 4 is 43.6 Å². The van der Waals surface area contributed by atoms with Gasteiger partial charge in [-0.1, -0.05) is 95.1 Å². The normalized spacial score (nSPS) is 12.3. The lowest BCUT2D eigenvalue weighted by Gasteiger charge is -2.12. The fourth-order valence-corrected chi connectivity index (χ4v) is 9.19. The highest BCUT2D eigenvalue weighted by atomic mass is 15.0. The lowest BCUT2D eigenvalue weighted by atomic mass is 9.96. The Kier molecular flexibility index (Phi) is 6.91. The smallest absolute Gasteiger partial charge is 0.0541 e. The van der Waals surface area contributed by atoms with Crippen molar-refractivity contribution in [2.24, 2.45) is 0 Å². The molecule has 0 bridgehead atoms. The van der Waals surface area contributed by atoms with Crippen LogP contribution in [0.25, 0.3) is 88.4 Å². The summed E-state index contributed by atoms with van der Waals surface area (Å²) < 4.78 is 4.82. The molecule has 0 saturated carbocycles. The number of hydrogen-bond donors (Lipinski definition) is 0. The van der Waals surface area contributed by atoms with Gasteiger partial charge >= 0.3 is 0 Å². The molecule has 0 radical (unpaired) electrons. The van der Waals surface area contributed by atoms with Gasteiger partial charge in [-0.15, -0.1) is 0 Å². The zero-order valence-corrected chi connectivity index (χ0v) is 31.6. The molecule has 10 aromatic rings. The van der Waals surface area contributed by atoms with Gasteiger partial charge in [-0.3, -0.25) is 0 Å². The lowest BCUT2D eigenvalue weighted by Crippen LogP contribution is -1.94. The molecule has 0 N–H and O–H groups in total. The third kappa shape index (κ3) is 5.02. The average molecular weight is 705 g/mol. The Hall–Kier alpha value is -6.64. The second-order valence-electron chi connectivity index (χ2n) is 15.8. The molecule has 1 aliphatic rings. The van der Waals surface area contributed by atoms with E-state index in [-0.39, 0.29) is 0 Å². The summed E-state index contributed by atoms with van der Waals surface area (Å²) in [5.74, 6) is 0. The van der Waals surface area contributed by atoms with Crippen LogP contribution in [0.2, 0.25) is 0 Å². The van der Waals surface area contributed by atoms with Gasteiger partial charge in [0.2, 0.25) is 0 Å². The largest absolute Gasteiger partial charge is 0.309 e. The predicted molar refractivity (Wildman–Crippen MR) is 233 cm³/mol. The van der Waals surface area contributed by atoms with Crippen LogP contribution in [0, 0.1) is 27.7 Å². The number of nitrogens with zero attached hydrogens (tertiary/aromatic N) is 2. The van der Waals surface area contributed by atoms with Gasteiger partial charge in [0.25, 0.3) is 0 Å². The second kappa shape index (κ2) is 11.9. The van der Waals surface area contributed by atoms with Gasteiger partial charge in [0.1, 0.15) is 0 Å². The highest BCUT2D eigenvalue weighted by Crippen LogP contribution is 2.42. The molecule has 55 heavy (non-hydrogen) atoms. The Labute approximate surface area is 321 Å². The van der Waals surface area contributed by atoms with Gasteiger partial charge in [-0.2, -0.15) is 0 Å². The van der Waals surface area contributed by atoms with E-state index in [9.17, 15) is 0 Å². The number of benzene rings is 8. The van der Waals surface area contributed by atoms with Crippen LogP contribution in [-0.2, 0) is 6.42 Å². The molecule has 2 heteroatoms. The molecular weight excluding hydrogens is 665 g/mol. The maximum atomic E-state index is 2.41. The number of rotatable bonds is 4. The molecule has 2 heterocycles. The topological polar surface area (TPSA) is 9.86 Å². The summed E-state index contributed by atoms with van der Waals surface area (Å²) in [5.41, 5.74) is 22.9. The highest BCUT2D eigenvalue weighted by molar-refractivity contribution is 6.10. The minimum absolute atomic E-state index is 0.975. The van der Waals surface area contributed by atoms with E-state index in [4.69, 9.17) is 0 Å². The molecule has 0 aliphatic heterocycles. The number of aryl methyl sites for hydroxylation is 4. The van der Waals surface area contributed by atoms with E-state index in [2.05, 4.69) is 195 Å². The van der Waals surface area contributed by atoms with E-state index in [1.165, 1.54) is 122 Å². The first-order valence-corrected chi connectivity index (χ1v) is 19.4. The SMILES string of the molecule is Cc1ccc2c(c1)c1cc(C)ccc1n2-c1ccc(-c2ccc3c(c2)-c2cc(-c4ccc(-n5c6ccc(C)cc6c6cc(C)ccc65)cc4)ccc2C3)cc1. The minimum atomic E-state index is 0.975. The summed E-state index contributed by atoms with van der Waals surface area (Å²) in [5, 5.41) is 5.24. The molecule has 0 spiro atoms. The molecule has 1 aliphatic carbocycles. The molecule has 262 valence electrons. The van der Waals surface area contributed by atoms with Gasteiger partial charge < -0.3 is 9.13 Å². The maximum absolute atomic E-state index is 2.41. The third-order valence-electron chi connectivity index (χ3n) is 12.0. The van der Waals surface area contributed by atoms with Crippen molar-refractivity contribution in [3.8, 4) is 44.8 Å². The van der Waals surface area contributed by atoms with Crippen LogP contribution < -0.4 is 0 Å². The number of hydrogen-bond acceptors (Lipinski definition) is 0. The first-order valence-electron chi connectivity index (χ1n) is 19.4. The van der Waals surface area contributed by atoms with Crippen LogP contribution in [0.5, 0.6) is 0 Å². The molecular formula is C53H40N2. The second-order valence-corrected chi connectivity index (χ2v) is 15.8. The van der Waals surface area contributed by atoms with Crippen LogP contribution in [-0.4, -0.2) is 9.13 Å². The van der Waals surface area contributed by atoms with E-state index in [1.807, 2.05) is 0 Å². The van der Waals surface area contributed by atoms with Crippen LogP contribution >= 0.6 is 0 Å². The average Bonchev–Trinajstić information content (AvgIpc) is 3.84. The van der Waals surface area contributed by atoms with Gasteiger partial charge in [0.05, 0.1) is 22.1 Å². The van der Waals surface area contributed by atoms with Crippen molar-refractivity contribution in [1.29, 1.82) is 0 Å². The van der Waals surface area contributed by atoms with E-state index in [1.54, 1.807) is 0 Å². The van der Waals surface area contributed by atoms with Crippen LogP contribution in [0.1, 0.15) is 33.4 Å². The maximum Gasteiger partial charge on any atom is 0.0541 e. The van der Waals surface area contributed by atoms with Gasteiger partial charge in [-0.05, 0) is 164 Å². The van der Waals surface area contributed by atoms with Crippen molar-refractivity contribution in [2.75, 3.05) is 0 Å². The minimum Gasteiger partial charge on any atom is -0.309 e. The Balaban J connectivity index is 0.928. The molecule has 2 nitrogen and oxygen atoms in total. The standard InChI is InChI=1S/C53H40N2/c1-32-5-21-50-46(25-32)47-26-33(2)6-22-51(47)54(50)42-17-13-36(14-18-42)38-9-11-40-29-41-12-10-39(31-45(41)44(40)30-38)37-15-19-43(20-16-37)55-52-23-7-34(3)27-48(52)49-28-35(4)8-24-53(49)55/h5-28,30-31H,29H2,1-4H3. The Morgan fingerprint density at radius 1 is 0.309 bits per heavy atom. The Bertz CT molecular complexity index is 2850. The summed E-state index contributed by atoms with van der Waals surface area (Å²) in [4.78, 5) is 0. The lowest BCUT2D eigenvalue weighted by molar-refractivity contribution is 1.18. The van der Waals surface area contributed by atoms with Gasteiger partial charge in [-0.25, -0.2) is 0 Å². The van der Waals surface area contributed by atoms with E-state index >= 15 is 0 Å². The molecule has 2 aromatic heterocycles. The molecule has 0 amide bonds. The Morgan fingerprint density at radius 2 is 0.618 bits per heavy atom. The molecule has 0 unspecified atom stereocenters. The summed E-state index contributed by atoms with van der Waals surface area (Å²) in [7, 11) is 0.